The van der Waals surface area contributed by atoms with E-state index in [1.165, 1.54) is 36.9 Å². The maximum absolute atomic E-state index is 5.21. The van der Waals surface area contributed by atoms with Gasteiger partial charge < -0.3 is 4.90 Å². The van der Waals surface area contributed by atoms with E-state index in [1.807, 2.05) is 17.4 Å². The molecule has 0 aliphatic rings. The van der Waals surface area contributed by atoms with E-state index in [-0.39, 0.29) is 0 Å². The Morgan fingerprint density at radius 2 is 0.864 bits per heavy atom. The highest BCUT2D eigenvalue weighted by atomic mass is 32.1. The van der Waals surface area contributed by atoms with Gasteiger partial charge in [0, 0.05) is 48.5 Å². The van der Waals surface area contributed by atoms with Gasteiger partial charge in [-0.15, -0.1) is 11.3 Å². The SMILES string of the molecule is c1ccc(-c2ccc(N(c3ccc(-c4cccc(-c5ccc6c(c5)nc(-c5ccccc5)n6-c5ccccc5)c4)cc3)c3ccc4c(c3)sc3ccccc34)cc2)cc1. The van der Waals surface area contributed by atoms with E-state index in [1.54, 1.807) is 0 Å². The summed E-state index contributed by atoms with van der Waals surface area (Å²) in [5.41, 5.74) is 14.6. The summed E-state index contributed by atoms with van der Waals surface area (Å²) < 4.78 is 4.85. The number of hydrogen-bond acceptors (Lipinski definition) is 3. The Morgan fingerprint density at radius 3 is 1.58 bits per heavy atom. The van der Waals surface area contributed by atoms with E-state index in [9.17, 15) is 0 Å². The maximum atomic E-state index is 5.21. The van der Waals surface area contributed by atoms with Crippen LogP contribution in [0.5, 0.6) is 0 Å². The van der Waals surface area contributed by atoms with Crippen LogP contribution in [0.1, 0.15) is 0 Å². The molecule has 0 bridgehead atoms. The lowest BCUT2D eigenvalue weighted by molar-refractivity contribution is 1.10. The third kappa shape index (κ3) is 6.46. The van der Waals surface area contributed by atoms with Crippen molar-refractivity contribution in [3.05, 3.63) is 224 Å². The summed E-state index contributed by atoms with van der Waals surface area (Å²) in [7, 11) is 0. The van der Waals surface area contributed by atoms with Gasteiger partial charge in [-0.05, 0) is 106 Å². The third-order valence-electron chi connectivity index (χ3n) is 11.2. The molecule has 0 amide bonds. The first-order chi connectivity index (χ1) is 29.2. The van der Waals surface area contributed by atoms with Crippen LogP contribution in [-0.4, -0.2) is 9.55 Å². The Balaban J connectivity index is 0.951. The fourth-order valence-corrected chi connectivity index (χ4v) is 9.43. The molecule has 0 saturated carbocycles. The second-order valence-electron chi connectivity index (χ2n) is 14.8. The van der Waals surface area contributed by atoms with Crippen LogP contribution in [-0.2, 0) is 0 Å². The van der Waals surface area contributed by atoms with Crippen LogP contribution < -0.4 is 4.90 Å². The van der Waals surface area contributed by atoms with E-state index >= 15 is 0 Å². The van der Waals surface area contributed by atoms with Gasteiger partial charge in [-0.25, -0.2) is 4.98 Å². The molecule has 4 heteroatoms. The van der Waals surface area contributed by atoms with Crippen molar-refractivity contribution in [1.82, 2.24) is 9.55 Å². The fourth-order valence-electron chi connectivity index (χ4n) is 8.29. The number of anilines is 3. The Bertz CT molecular complexity index is 3240. The summed E-state index contributed by atoms with van der Waals surface area (Å²) in [5.74, 6) is 0.933. The molecule has 0 fully saturated rings. The normalized spacial score (nSPS) is 11.4. The van der Waals surface area contributed by atoms with Crippen molar-refractivity contribution in [3.63, 3.8) is 0 Å². The smallest absolute Gasteiger partial charge is 0.145 e. The molecule has 0 aliphatic carbocycles. The summed E-state index contributed by atoms with van der Waals surface area (Å²) in [4.78, 5) is 7.58. The molecule has 0 unspecified atom stereocenters. The molecule has 0 radical (unpaired) electrons. The highest BCUT2D eigenvalue weighted by Crippen LogP contribution is 2.42. The van der Waals surface area contributed by atoms with E-state index < -0.39 is 0 Å². The minimum atomic E-state index is 0.933. The van der Waals surface area contributed by atoms with Gasteiger partial charge in [0.1, 0.15) is 5.82 Å². The largest absolute Gasteiger partial charge is 0.310 e. The summed E-state index contributed by atoms with van der Waals surface area (Å²) in [5, 5.41) is 2.60. The van der Waals surface area contributed by atoms with Gasteiger partial charge in [-0.1, -0.05) is 152 Å². The van der Waals surface area contributed by atoms with Crippen LogP contribution >= 0.6 is 11.3 Å². The number of fused-ring (bicyclic) bond motifs is 4. The molecule has 11 rings (SSSR count). The van der Waals surface area contributed by atoms with Gasteiger partial charge in [0.25, 0.3) is 0 Å². The standard InChI is InChI=1S/C55H37N3S/c1-4-13-38(14-5-1)39-23-28-46(29-24-39)57(48-32-33-50-49-21-10-11-22-53(49)59-54(50)37-48)47-30-25-40(26-31-47)42-17-12-18-43(35-42)44-27-34-52-51(36-44)56-55(41-15-6-2-7-16-41)58(52)45-19-8-3-9-20-45/h1-37H. The molecule has 2 heterocycles. The van der Waals surface area contributed by atoms with Crippen molar-refractivity contribution in [3.8, 4) is 50.5 Å². The zero-order valence-corrected chi connectivity index (χ0v) is 32.9. The molecule has 11 aromatic rings. The zero-order chi connectivity index (χ0) is 39.1. The fraction of sp³-hybridized carbons (Fsp3) is 0. The summed E-state index contributed by atoms with van der Waals surface area (Å²) in [6, 6.07) is 80.4. The first-order valence-electron chi connectivity index (χ1n) is 19.9. The molecule has 9 aromatic carbocycles. The van der Waals surface area contributed by atoms with Gasteiger partial charge in [-0.3, -0.25) is 4.57 Å². The van der Waals surface area contributed by atoms with Crippen molar-refractivity contribution in [1.29, 1.82) is 0 Å². The molecule has 59 heavy (non-hydrogen) atoms. The second kappa shape index (κ2) is 14.8. The highest BCUT2D eigenvalue weighted by Gasteiger charge is 2.17. The maximum Gasteiger partial charge on any atom is 0.145 e. The van der Waals surface area contributed by atoms with E-state index in [2.05, 4.69) is 228 Å². The van der Waals surface area contributed by atoms with Crippen LogP contribution in [0.2, 0.25) is 0 Å². The van der Waals surface area contributed by atoms with Crippen molar-refractivity contribution < 1.29 is 0 Å². The van der Waals surface area contributed by atoms with Crippen molar-refractivity contribution in [2.45, 2.75) is 0 Å². The van der Waals surface area contributed by atoms with E-state index in [0.717, 1.165) is 61.9 Å². The first-order valence-corrected chi connectivity index (χ1v) is 20.8. The molecule has 0 aliphatic heterocycles. The Hall–Kier alpha value is -7.53. The second-order valence-corrected chi connectivity index (χ2v) is 15.9. The number of imidazole rings is 1. The summed E-state index contributed by atoms with van der Waals surface area (Å²) in [6.07, 6.45) is 0. The molecule has 0 atom stereocenters. The van der Waals surface area contributed by atoms with Crippen LogP contribution in [0.25, 0.3) is 81.7 Å². The van der Waals surface area contributed by atoms with Gasteiger partial charge in [0.05, 0.1) is 11.0 Å². The average molecular weight is 772 g/mol. The Labute approximate surface area is 347 Å². The zero-order valence-electron chi connectivity index (χ0n) is 32.1. The van der Waals surface area contributed by atoms with Crippen molar-refractivity contribution >= 4 is 59.6 Å². The molecular weight excluding hydrogens is 735 g/mol. The average Bonchev–Trinajstić information content (AvgIpc) is 3.89. The lowest BCUT2D eigenvalue weighted by Gasteiger charge is -2.26. The van der Waals surface area contributed by atoms with Crippen LogP contribution in [0, 0.1) is 0 Å². The molecule has 0 N–H and O–H groups in total. The van der Waals surface area contributed by atoms with E-state index in [4.69, 9.17) is 4.98 Å². The number of benzene rings is 9. The monoisotopic (exact) mass is 771 g/mol. The number of nitrogens with zero attached hydrogens (tertiary/aromatic N) is 3. The first kappa shape index (κ1) is 34.7. The number of thiophene rings is 1. The van der Waals surface area contributed by atoms with Crippen LogP contribution in [0.3, 0.4) is 0 Å². The third-order valence-corrected chi connectivity index (χ3v) is 12.3. The minimum Gasteiger partial charge on any atom is -0.310 e. The molecular formula is C55H37N3S. The van der Waals surface area contributed by atoms with Crippen molar-refractivity contribution in [2.75, 3.05) is 4.90 Å². The van der Waals surface area contributed by atoms with Gasteiger partial charge in [0.15, 0.2) is 0 Å². The summed E-state index contributed by atoms with van der Waals surface area (Å²) >= 11 is 1.85. The molecule has 278 valence electrons. The summed E-state index contributed by atoms with van der Waals surface area (Å²) in [6.45, 7) is 0. The number of rotatable bonds is 8. The topological polar surface area (TPSA) is 21.1 Å². The molecule has 0 spiro atoms. The lowest BCUT2D eigenvalue weighted by atomic mass is 9.98. The minimum absolute atomic E-state index is 0.933. The Morgan fingerprint density at radius 1 is 0.356 bits per heavy atom. The predicted molar refractivity (Wildman–Crippen MR) is 250 cm³/mol. The van der Waals surface area contributed by atoms with Gasteiger partial charge in [-0.2, -0.15) is 0 Å². The van der Waals surface area contributed by atoms with Crippen LogP contribution in [0.15, 0.2) is 224 Å². The van der Waals surface area contributed by atoms with Crippen molar-refractivity contribution in [2.24, 2.45) is 0 Å². The van der Waals surface area contributed by atoms with Gasteiger partial charge >= 0.3 is 0 Å². The molecule has 0 saturated heterocycles. The number of para-hydroxylation sites is 1. The highest BCUT2D eigenvalue weighted by molar-refractivity contribution is 7.25. The predicted octanol–water partition coefficient (Wildman–Crippen LogP) is 15.5. The molecule has 3 nitrogen and oxygen atoms in total. The van der Waals surface area contributed by atoms with Gasteiger partial charge in [0.2, 0.25) is 0 Å². The number of hydrogen-bond donors (Lipinski definition) is 0. The number of aromatic nitrogens is 2. The lowest BCUT2D eigenvalue weighted by Crippen LogP contribution is -2.09. The quantitative estimate of drug-likeness (QED) is 0.153. The Kier molecular flexibility index (Phi) is 8.68. The van der Waals surface area contributed by atoms with Crippen LogP contribution in [0.4, 0.5) is 17.1 Å². The molecule has 2 aromatic heterocycles. The van der Waals surface area contributed by atoms with E-state index in [0.29, 0.717) is 0 Å².